The van der Waals surface area contributed by atoms with Crippen LogP contribution in [0.25, 0.3) is 0 Å². The van der Waals surface area contributed by atoms with E-state index in [2.05, 4.69) is 21.2 Å². The lowest BCUT2D eigenvalue weighted by Gasteiger charge is -2.29. The van der Waals surface area contributed by atoms with Crippen molar-refractivity contribution in [2.45, 2.75) is 42.9 Å². The largest absolute Gasteiger partial charge is 0.325 e. The highest BCUT2D eigenvalue weighted by Crippen LogP contribution is 2.42. The molecule has 3 rings (SSSR count). The van der Waals surface area contributed by atoms with Crippen molar-refractivity contribution in [1.29, 1.82) is 0 Å². The predicted molar refractivity (Wildman–Crippen MR) is 107 cm³/mol. The van der Waals surface area contributed by atoms with Crippen LogP contribution in [0.1, 0.15) is 36.8 Å². The zero-order valence-electron chi connectivity index (χ0n) is 14.9. The number of anilines is 1. The summed E-state index contributed by atoms with van der Waals surface area (Å²) in [5, 5.41) is 3.00. The number of benzene rings is 2. The van der Waals surface area contributed by atoms with Crippen LogP contribution in [0.2, 0.25) is 0 Å². The smallest absolute Gasteiger partial charge is 0.235 e. The highest BCUT2D eigenvalue weighted by Gasteiger charge is 2.42. The number of aryl methyl sites for hydroxylation is 1. The molecule has 0 spiro atoms. The number of nitrogens with one attached hydrogen (secondary N) is 1. The molecule has 2 aromatic rings. The Kier molecular flexibility index (Phi) is 5.26. The van der Waals surface area contributed by atoms with E-state index in [9.17, 15) is 13.2 Å². The number of hydrogen-bond donors (Lipinski definition) is 1. The number of carbonyl (C=O) groups excluding carboxylic acids is 1. The maximum absolute atomic E-state index is 13.3. The second-order valence-corrected chi connectivity index (χ2v) is 9.93. The topological polar surface area (TPSA) is 63.2 Å². The van der Waals surface area contributed by atoms with E-state index in [0.717, 1.165) is 41.3 Å². The molecule has 26 heavy (non-hydrogen) atoms. The Bertz CT molecular complexity index is 930. The molecule has 0 aliphatic heterocycles. The maximum Gasteiger partial charge on any atom is 0.235 e. The molecule has 1 aliphatic carbocycles. The van der Waals surface area contributed by atoms with Gasteiger partial charge in [0.1, 0.15) is 0 Å². The number of halogens is 1. The molecule has 0 saturated heterocycles. The van der Waals surface area contributed by atoms with Gasteiger partial charge in [0.15, 0.2) is 9.84 Å². The molecule has 0 atom stereocenters. The molecule has 4 nitrogen and oxygen atoms in total. The molecule has 0 bridgehead atoms. The minimum absolute atomic E-state index is 0.0638. The van der Waals surface area contributed by atoms with E-state index < -0.39 is 15.3 Å². The summed E-state index contributed by atoms with van der Waals surface area (Å²) >= 11 is 3.44. The van der Waals surface area contributed by atoms with Gasteiger partial charge in [-0.1, -0.05) is 47.0 Å². The fourth-order valence-electron chi connectivity index (χ4n) is 3.60. The fourth-order valence-corrected chi connectivity index (χ4v) is 4.51. The van der Waals surface area contributed by atoms with Gasteiger partial charge in [-0.25, -0.2) is 8.42 Å². The Labute approximate surface area is 163 Å². The third-order valence-corrected chi connectivity index (χ3v) is 6.81. The van der Waals surface area contributed by atoms with Gasteiger partial charge in [0.05, 0.1) is 10.3 Å². The lowest BCUT2D eigenvalue weighted by Crippen LogP contribution is -2.38. The van der Waals surface area contributed by atoms with Crippen molar-refractivity contribution in [3.8, 4) is 0 Å². The first-order chi connectivity index (χ1) is 12.2. The van der Waals surface area contributed by atoms with Crippen molar-refractivity contribution in [1.82, 2.24) is 0 Å². The van der Waals surface area contributed by atoms with Gasteiger partial charge in [0.2, 0.25) is 5.91 Å². The highest BCUT2D eigenvalue weighted by molar-refractivity contribution is 9.10. The van der Waals surface area contributed by atoms with E-state index in [1.54, 1.807) is 18.2 Å². The van der Waals surface area contributed by atoms with Crippen LogP contribution in [-0.2, 0) is 20.0 Å². The molecule has 1 fully saturated rings. The second kappa shape index (κ2) is 7.16. The summed E-state index contributed by atoms with van der Waals surface area (Å²) < 4.78 is 24.7. The second-order valence-electron chi connectivity index (χ2n) is 7.00. The molecule has 0 radical (unpaired) electrons. The van der Waals surface area contributed by atoms with E-state index in [1.807, 2.05) is 31.2 Å². The zero-order chi connectivity index (χ0) is 18.9. The summed E-state index contributed by atoms with van der Waals surface area (Å²) in [7, 11) is -3.33. The normalized spacial score (nSPS) is 16.4. The van der Waals surface area contributed by atoms with Gasteiger partial charge < -0.3 is 5.32 Å². The summed E-state index contributed by atoms with van der Waals surface area (Å²) in [5.41, 5.74) is 1.84. The van der Waals surface area contributed by atoms with Crippen LogP contribution >= 0.6 is 15.9 Å². The van der Waals surface area contributed by atoms with Gasteiger partial charge in [-0.15, -0.1) is 0 Å². The number of amides is 1. The first-order valence-corrected chi connectivity index (χ1v) is 11.3. The summed E-state index contributed by atoms with van der Waals surface area (Å²) in [5.74, 6) is -0.0638. The van der Waals surface area contributed by atoms with Crippen LogP contribution in [0.5, 0.6) is 0 Å². The third kappa shape index (κ3) is 3.71. The van der Waals surface area contributed by atoms with E-state index in [-0.39, 0.29) is 10.8 Å². The van der Waals surface area contributed by atoms with Crippen molar-refractivity contribution < 1.29 is 13.2 Å². The van der Waals surface area contributed by atoms with Crippen LogP contribution in [0.15, 0.2) is 51.8 Å². The van der Waals surface area contributed by atoms with Gasteiger partial charge in [-0.2, -0.15) is 0 Å². The molecule has 1 amide bonds. The maximum atomic E-state index is 13.3. The molecule has 1 saturated carbocycles. The standard InChI is InChI=1S/C20H22BrNO3S/c1-14-5-10-17(26(2,24)25)13-18(14)22-19(23)20(11-3-4-12-20)15-6-8-16(21)9-7-15/h5-10,13H,3-4,11-12H2,1-2H3,(H,22,23). The molecule has 0 heterocycles. The van der Waals surface area contributed by atoms with E-state index in [0.29, 0.717) is 5.69 Å². The molecule has 6 heteroatoms. The first kappa shape index (κ1) is 19.1. The Morgan fingerprint density at radius 2 is 1.69 bits per heavy atom. The molecule has 1 aliphatic rings. The summed E-state index contributed by atoms with van der Waals surface area (Å²) in [4.78, 5) is 13.5. The van der Waals surface area contributed by atoms with E-state index in [4.69, 9.17) is 0 Å². The zero-order valence-corrected chi connectivity index (χ0v) is 17.3. The third-order valence-electron chi connectivity index (χ3n) is 5.17. The van der Waals surface area contributed by atoms with Crippen molar-refractivity contribution in [2.75, 3.05) is 11.6 Å². The van der Waals surface area contributed by atoms with Crippen LogP contribution in [0, 0.1) is 6.92 Å². The number of hydrogen-bond acceptors (Lipinski definition) is 3. The van der Waals surface area contributed by atoms with Gasteiger partial charge in [-0.05, 0) is 55.2 Å². The molecule has 2 aromatic carbocycles. The first-order valence-electron chi connectivity index (χ1n) is 8.61. The van der Waals surface area contributed by atoms with Crippen LogP contribution < -0.4 is 5.32 Å². The lowest BCUT2D eigenvalue weighted by atomic mass is 9.78. The Balaban J connectivity index is 1.96. The van der Waals surface area contributed by atoms with E-state index >= 15 is 0 Å². The van der Waals surface area contributed by atoms with Gasteiger partial charge in [0, 0.05) is 16.4 Å². The fraction of sp³-hybridized carbons (Fsp3) is 0.350. The molecule has 138 valence electrons. The van der Waals surface area contributed by atoms with Gasteiger partial charge in [0.25, 0.3) is 0 Å². The van der Waals surface area contributed by atoms with Gasteiger partial charge in [-0.3, -0.25) is 4.79 Å². The van der Waals surface area contributed by atoms with Crippen molar-refractivity contribution in [3.63, 3.8) is 0 Å². The van der Waals surface area contributed by atoms with E-state index in [1.165, 1.54) is 6.26 Å². The van der Waals surface area contributed by atoms with Crippen LogP contribution in [-0.4, -0.2) is 20.6 Å². The monoisotopic (exact) mass is 435 g/mol. The number of carbonyl (C=O) groups is 1. The van der Waals surface area contributed by atoms with Crippen molar-refractivity contribution in [2.24, 2.45) is 0 Å². The average Bonchev–Trinajstić information content (AvgIpc) is 3.07. The molecular formula is C20H22BrNO3S. The van der Waals surface area contributed by atoms with Gasteiger partial charge >= 0.3 is 0 Å². The summed E-state index contributed by atoms with van der Waals surface area (Å²) in [6.45, 7) is 1.86. The Hall–Kier alpha value is -1.66. The molecule has 0 unspecified atom stereocenters. The SMILES string of the molecule is Cc1ccc(S(C)(=O)=O)cc1NC(=O)C1(c2ccc(Br)cc2)CCCC1. The minimum Gasteiger partial charge on any atom is -0.325 e. The predicted octanol–water partition coefficient (Wildman–Crippen LogP) is 4.61. The summed E-state index contributed by atoms with van der Waals surface area (Å²) in [6, 6.07) is 12.8. The van der Waals surface area contributed by atoms with Crippen molar-refractivity contribution >= 4 is 37.4 Å². The van der Waals surface area contributed by atoms with Crippen molar-refractivity contribution in [3.05, 3.63) is 58.1 Å². The summed E-state index contributed by atoms with van der Waals surface area (Å²) in [6.07, 6.45) is 4.78. The highest BCUT2D eigenvalue weighted by atomic mass is 79.9. The van der Waals surface area contributed by atoms with Crippen LogP contribution in [0.4, 0.5) is 5.69 Å². The van der Waals surface area contributed by atoms with Crippen LogP contribution in [0.3, 0.4) is 0 Å². The molecule has 1 N–H and O–H groups in total. The Morgan fingerprint density at radius 1 is 1.08 bits per heavy atom. The molecule has 0 aromatic heterocycles. The minimum atomic E-state index is -3.33. The average molecular weight is 436 g/mol. The molecular weight excluding hydrogens is 414 g/mol. The number of rotatable bonds is 4. The lowest BCUT2D eigenvalue weighted by molar-refractivity contribution is -0.121. The quantitative estimate of drug-likeness (QED) is 0.762. The Morgan fingerprint density at radius 3 is 2.27 bits per heavy atom. The number of sulfone groups is 1.